The SMILES string of the molecule is O=CCCCCCc1ccc(C(F)(F)F)cc1. The van der Waals surface area contributed by atoms with Crippen LogP contribution in [0, 0.1) is 0 Å². The average molecular weight is 244 g/mol. The molecule has 0 aliphatic rings. The van der Waals surface area contributed by atoms with Gasteiger partial charge in [-0.05, 0) is 37.0 Å². The Morgan fingerprint density at radius 2 is 1.65 bits per heavy atom. The highest BCUT2D eigenvalue weighted by Gasteiger charge is 2.29. The second-order valence-corrected chi connectivity index (χ2v) is 3.96. The number of alkyl halides is 3. The maximum absolute atomic E-state index is 12.3. The van der Waals surface area contributed by atoms with Crippen LogP contribution in [-0.2, 0) is 17.4 Å². The van der Waals surface area contributed by atoms with Crippen LogP contribution in [-0.4, -0.2) is 6.29 Å². The Kier molecular flexibility index (Phi) is 5.19. The van der Waals surface area contributed by atoms with Crippen molar-refractivity contribution in [2.24, 2.45) is 0 Å². The maximum Gasteiger partial charge on any atom is 0.416 e. The zero-order valence-electron chi connectivity index (χ0n) is 9.46. The van der Waals surface area contributed by atoms with Crippen LogP contribution in [0.3, 0.4) is 0 Å². The second-order valence-electron chi connectivity index (χ2n) is 3.96. The molecule has 0 aliphatic heterocycles. The summed E-state index contributed by atoms with van der Waals surface area (Å²) in [6, 6.07) is 5.26. The molecule has 0 N–H and O–H groups in total. The van der Waals surface area contributed by atoms with Crippen molar-refractivity contribution in [3.8, 4) is 0 Å². The van der Waals surface area contributed by atoms with Gasteiger partial charge in [-0.15, -0.1) is 0 Å². The molecule has 0 fully saturated rings. The molecule has 0 radical (unpaired) electrons. The predicted molar refractivity (Wildman–Crippen MR) is 59.7 cm³/mol. The van der Waals surface area contributed by atoms with E-state index in [0.29, 0.717) is 6.42 Å². The standard InChI is InChI=1S/C13H15F3O/c14-13(15,16)12-8-6-11(7-9-12)5-3-1-2-4-10-17/h6-10H,1-5H2. The van der Waals surface area contributed by atoms with Gasteiger partial charge in [-0.25, -0.2) is 0 Å². The van der Waals surface area contributed by atoms with Crippen molar-refractivity contribution in [3.05, 3.63) is 35.4 Å². The van der Waals surface area contributed by atoms with Gasteiger partial charge in [-0.2, -0.15) is 13.2 Å². The predicted octanol–water partition coefficient (Wildman–Crippen LogP) is 4.01. The van der Waals surface area contributed by atoms with Gasteiger partial charge < -0.3 is 4.79 Å². The van der Waals surface area contributed by atoms with E-state index in [2.05, 4.69) is 0 Å². The maximum atomic E-state index is 12.3. The molecule has 0 spiro atoms. The molecule has 0 bridgehead atoms. The van der Waals surface area contributed by atoms with Gasteiger partial charge in [0.15, 0.2) is 0 Å². The normalized spacial score (nSPS) is 11.5. The van der Waals surface area contributed by atoms with Gasteiger partial charge in [0, 0.05) is 6.42 Å². The first-order valence-electron chi connectivity index (χ1n) is 5.64. The molecule has 0 saturated carbocycles. The Morgan fingerprint density at radius 3 is 2.18 bits per heavy atom. The van der Waals surface area contributed by atoms with Gasteiger partial charge in [-0.1, -0.05) is 18.6 Å². The molecule has 17 heavy (non-hydrogen) atoms. The van der Waals surface area contributed by atoms with E-state index in [1.54, 1.807) is 0 Å². The van der Waals surface area contributed by atoms with Crippen LogP contribution in [0.15, 0.2) is 24.3 Å². The highest BCUT2D eigenvalue weighted by Crippen LogP contribution is 2.29. The molecule has 0 amide bonds. The highest BCUT2D eigenvalue weighted by atomic mass is 19.4. The van der Waals surface area contributed by atoms with E-state index in [1.807, 2.05) is 0 Å². The summed E-state index contributed by atoms with van der Waals surface area (Å²) in [5, 5.41) is 0. The number of hydrogen-bond donors (Lipinski definition) is 0. The van der Waals surface area contributed by atoms with Crippen LogP contribution < -0.4 is 0 Å². The lowest BCUT2D eigenvalue weighted by atomic mass is 10.0. The Bertz CT molecular complexity index is 341. The van der Waals surface area contributed by atoms with E-state index >= 15 is 0 Å². The molecule has 94 valence electrons. The number of benzene rings is 1. The Balaban J connectivity index is 2.38. The zero-order chi connectivity index (χ0) is 12.7. The minimum Gasteiger partial charge on any atom is -0.303 e. The van der Waals surface area contributed by atoms with Gasteiger partial charge in [0.25, 0.3) is 0 Å². The molecular formula is C13H15F3O. The molecule has 0 atom stereocenters. The Hall–Kier alpha value is -1.32. The summed E-state index contributed by atoms with van der Waals surface area (Å²) in [4.78, 5) is 10.1. The summed E-state index contributed by atoms with van der Waals surface area (Å²) in [6.45, 7) is 0. The number of unbranched alkanes of at least 4 members (excludes halogenated alkanes) is 3. The number of carbonyl (C=O) groups excluding carboxylic acids is 1. The monoisotopic (exact) mass is 244 g/mol. The zero-order valence-corrected chi connectivity index (χ0v) is 9.46. The summed E-state index contributed by atoms with van der Waals surface area (Å²) < 4.78 is 36.8. The molecule has 1 rings (SSSR count). The Morgan fingerprint density at radius 1 is 1.00 bits per heavy atom. The van der Waals surface area contributed by atoms with E-state index in [1.165, 1.54) is 12.1 Å². The van der Waals surface area contributed by atoms with Crippen molar-refractivity contribution in [1.29, 1.82) is 0 Å². The minimum atomic E-state index is -4.26. The molecule has 4 heteroatoms. The number of carbonyl (C=O) groups is 1. The van der Waals surface area contributed by atoms with Crippen molar-refractivity contribution in [3.63, 3.8) is 0 Å². The third-order valence-corrected chi connectivity index (χ3v) is 2.57. The summed E-state index contributed by atoms with van der Waals surface area (Å²) in [7, 11) is 0. The van der Waals surface area contributed by atoms with Crippen molar-refractivity contribution in [2.75, 3.05) is 0 Å². The molecule has 1 nitrogen and oxygen atoms in total. The van der Waals surface area contributed by atoms with Crippen LogP contribution in [0.2, 0.25) is 0 Å². The molecule has 0 aromatic heterocycles. The van der Waals surface area contributed by atoms with Gasteiger partial charge in [0.1, 0.15) is 6.29 Å². The lowest BCUT2D eigenvalue weighted by Gasteiger charge is -2.07. The topological polar surface area (TPSA) is 17.1 Å². The van der Waals surface area contributed by atoms with Crippen molar-refractivity contribution < 1.29 is 18.0 Å². The van der Waals surface area contributed by atoms with Crippen LogP contribution in [0.5, 0.6) is 0 Å². The van der Waals surface area contributed by atoms with Crippen molar-refractivity contribution >= 4 is 6.29 Å². The van der Waals surface area contributed by atoms with Gasteiger partial charge in [0.05, 0.1) is 5.56 Å². The van der Waals surface area contributed by atoms with E-state index in [0.717, 1.165) is 49.7 Å². The molecule has 0 unspecified atom stereocenters. The lowest BCUT2D eigenvalue weighted by molar-refractivity contribution is -0.137. The van der Waals surface area contributed by atoms with Crippen LogP contribution in [0.1, 0.15) is 36.8 Å². The molecule has 1 aromatic rings. The molecule has 0 saturated heterocycles. The summed E-state index contributed by atoms with van der Waals surface area (Å²) >= 11 is 0. The summed E-state index contributed by atoms with van der Waals surface area (Å²) in [5.74, 6) is 0. The summed E-state index contributed by atoms with van der Waals surface area (Å²) in [5.41, 5.74) is 0.298. The quantitative estimate of drug-likeness (QED) is 0.546. The van der Waals surface area contributed by atoms with Gasteiger partial charge in [-0.3, -0.25) is 0 Å². The average Bonchev–Trinajstić information content (AvgIpc) is 2.28. The second kappa shape index (κ2) is 6.42. The third kappa shape index (κ3) is 5.02. The smallest absolute Gasteiger partial charge is 0.303 e. The van der Waals surface area contributed by atoms with Gasteiger partial charge in [0.2, 0.25) is 0 Å². The number of halogens is 3. The van der Waals surface area contributed by atoms with Crippen LogP contribution >= 0.6 is 0 Å². The first kappa shape index (κ1) is 13.7. The van der Waals surface area contributed by atoms with E-state index in [4.69, 9.17) is 0 Å². The largest absolute Gasteiger partial charge is 0.416 e. The number of aldehydes is 1. The molecular weight excluding hydrogens is 229 g/mol. The minimum absolute atomic E-state index is 0.563. The van der Waals surface area contributed by atoms with Crippen molar-refractivity contribution in [2.45, 2.75) is 38.3 Å². The fraction of sp³-hybridized carbons (Fsp3) is 0.462. The van der Waals surface area contributed by atoms with E-state index in [-0.39, 0.29) is 0 Å². The van der Waals surface area contributed by atoms with Crippen LogP contribution in [0.4, 0.5) is 13.2 Å². The Labute approximate surface area is 98.6 Å². The molecule has 0 heterocycles. The third-order valence-electron chi connectivity index (χ3n) is 2.57. The number of hydrogen-bond acceptors (Lipinski definition) is 1. The first-order chi connectivity index (χ1) is 8.04. The van der Waals surface area contributed by atoms with E-state index in [9.17, 15) is 18.0 Å². The highest BCUT2D eigenvalue weighted by molar-refractivity contribution is 5.48. The molecule has 1 aromatic carbocycles. The fourth-order valence-electron chi connectivity index (χ4n) is 1.59. The number of rotatable bonds is 6. The van der Waals surface area contributed by atoms with Crippen LogP contribution in [0.25, 0.3) is 0 Å². The van der Waals surface area contributed by atoms with Crippen molar-refractivity contribution in [1.82, 2.24) is 0 Å². The fourth-order valence-corrected chi connectivity index (χ4v) is 1.59. The number of aryl methyl sites for hydroxylation is 1. The van der Waals surface area contributed by atoms with Gasteiger partial charge >= 0.3 is 6.18 Å². The van der Waals surface area contributed by atoms with E-state index < -0.39 is 11.7 Å². The summed E-state index contributed by atoms with van der Waals surface area (Å²) in [6.07, 6.45) is 0.633. The molecule has 0 aliphatic carbocycles. The first-order valence-corrected chi connectivity index (χ1v) is 5.64. The lowest BCUT2D eigenvalue weighted by Crippen LogP contribution is -2.04.